The van der Waals surface area contributed by atoms with Crippen molar-refractivity contribution in [2.24, 2.45) is 0 Å². The maximum absolute atomic E-state index is 5.06. The van der Waals surface area contributed by atoms with E-state index in [-0.39, 0.29) is 0 Å². The third kappa shape index (κ3) is 6.47. The van der Waals surface area contributed by atoms with Gasteiger partial charge in [-0.05, 0) is 81.9 Å². The van der Waals surface area contributed by atoms with Gasteiger partial charge in [0.25, 0.3) is 0 Å². The summed E-state index contributed by atoms with van der Waals surface area (Å²) >= 11 is 0. The summed E-state index contributed by atoms with van der Waals surface area (Å²) in [6.45, 7) is 7.86. The van der Waals surface area contributed by atoms with Crippen molar-refractivity contribution in [3.05, 3.63) is 213 Å². The molecule has 4 heteroatoms. The summed E-state index contributed by atoms with van der Waals surface area (Å²) in [4.78, 5) is 15.0. The Hall–Kier alpha value is -7.43. The van der Waals surface area contributed by atoms with E-state index in [0.29, 0.717) is 17.5 Å². The molecule has 7 aromatic carbocycles. The zero-order valence-corrected chi connectivity index (χ0v) is 30.2. The summed E-state index contributed by atoms with van der Waals surface area (Å²) in [6, 6.07) is 61.5. The van der Waals surface area contributed by atoms with Crippen LogP contribution in [0.2, 0.25) is 0 Å². The smallest absolute Gasteiger partial charge is 0.164 e. The van der Waals surface area contributed by atoms with Crippen molar-refractivity contribution in [2.75, 3.05) is 0 Å². The first-order valence-electron chi connectivity index (χ1n) is 18.3. The summed E-state index contributed by atoms with van der Waals surface area (Å²) in [5, 5.41) is 2.46. The molecule has 0 aliphatic rings. The van der Waals surface area contributed by atoms with Gasteiger partial charge in [-0.25, -0.2) is 15.0 Å². The number of aromatic nitrogens is 4. The topological polar surface area (TPSA) is 43.6 Å². The molecule has 9 aromatic rings. The van der Waals surface area contributed by atoms with E-state index in [1.54, 1.807) is 6.08 Å². The highest BCUT2D eigenvalue weighted by molar-refractivity contribution is 6.10. The maximum Gasteiger partial charge on any atom is 0.164 e. The lowest BCUT2D eigenvalue weighted by atomic mass is 9.97. The van der Waals surface area contributed by atoms with Gasteiger partial charge in [-0.2, -0.15) is 0 Å². The van der Waals surface area contributed by atoms with E-state index in [2.05, 4.69) is 151 Å². The van der Waals surface area contributed by atoms with Crippen molar-refractivity contribution in [3.63, 3.8) is 0 Å². The number of hydrogen-bond acceptors (Lipinski definition) is 3. The predicted molar refractivity (Wildman–Crippen MR) is 230 cm³/mol. The number of hydrogen-bond donors (Lipinski definition) is 0. The molecule has 0 aliphatic carbocycles. The fourth-order valence-electron chi connectivity index (χ4n) is 7.32. The lowest BCUT2D eigenvalue weighted by molar-refractivity contribution is 1.07. The van der Waals surface area contributed by atoms with Gasteiger partial charge in [0, 0.05) is 33.2 Å². The second kappa shape index (κ2) is 14.5. The van der Waals surface area contributed by atoms with Crippen LogP contribution in [0.3, 0.4) is 0 Å². The van der Waals surface area contributed by atoms with Crippen molar-refractivity contribution in [2.45, 2.75) is 0 Å². The zero-order chi connectivity index (χ0) is 37.1. The van der Waals surface area contributed by atoms with Gasteiger partial charge < -0.3 is 4.57 Å². The first kappa shape index (κ1) is 33.4. The average molecular weight is 705 g/mol. The summed E-state index contributed by atoms with van der Waals surface area (Å²) in [7, 11) is 0. The van der Waals surface area contributed by atoms with Crippen LogP contribution in [-0.4, -0.2) is 19.5 Å². The molecule has 0 radical (unpaired) electrons. The van der Waals surface area contributed by atoms with Crippen molar-refractivity contribution in [3.8, 4) is 62.1 Å². The Morgan fingerprint density at radius 2 is 0.927 bits per heavy atom. The zero-order valence-electron chi connectivity index (χ0n) is 30.2. The Kier molecular flexibility index (Phi) is 8.83. The largest absolute Gasteiger partial charge is 0.309 e. The van der Waals surface area contributed by atoms with Gasteiger partial charge in [0.05, 0.1) is 11.0 Å². The first-order chi connectivity index (χ1) is 27.2. The molecule has 260 valence electrons. The molecular weight excluding hydrogens is 669 g/mol. The summed E-state index contributed by atoms with van der Waals surface area (Å²) in [6.07, 6.45) is 5.55. The molecule has 0 spiro atoms. The van der Waals surface area contributed by atoms with E-state index in [0.717, 1.165) is 50.2 Å². The second-order valence-electron chi connectivity index (χ2n) is 13.4. The number of fused-ring (bicyclic) bond motifs is 3. The standard InChI is InChI=1S/C51H36N4/c1-3-16-35(4-2)37-19-14-23-42(32-37)50-52-49(36-17-7-5-8-18-36)53-51(54-50)43-24-15-22-40(33-43)38-20-13-21-39(31-38)41-29-30-48-46(34-41)45-27-11-12-28-47(45)55(48)44-25-9-6-10-26-44/h3-34H,1-2H2/b35-16+. The Balaban J connectivity index is 1.11. The van der Waals surface area contributed by atoms with Crippen molar-refractivity contribution < 1.29 is 0 Å². The molecule has 0 unspecified atom stereocenters. The van der Waals surface area contributed by atoms with Gasteiger partial charge in [0.15, 0.2) is 17.5 Å². The van der Waals surface area contributed by atoms with E-state index < -0.39 is 0 Å². The second-order valence-corrected chi connectivity index (χ2v) is 13.4. The van der Waals surface area contributed by atoms with Crippen LogP contribution in [-0.2, 0) is 0 Å². The monoisotopic (exact) mass is 704 g/mol. The molecule has 0 saturated carbocycles. The Morgan fingerprint density at radius 1 is 0.418 bits per heavy atom. The van der Waals surface area contributed by atoms with Crippen molar-refractivity contribution >= 4 is 27.4 Å². The quantitative estimate of drug-likeness (QED) is 0.141. The van der Waals surface area contributed by atoms with Crippen LogP contribution in [0.15, 0.2) is 207 Å². The SMILES string of the molecule is C=C/C=C(\C=C)c1cccc(-c2nc(-c3ccccc3)nc(-c3cccc(-c4cccc(-c5ccc6c(c5)c5ccccc5n6-c5ccccc5)c4)c3)n2)c1. The minimum absolute atomic E-state index is 0.601. The molecule has 0 bridgehead atoms. The number of para-hydroxylation sites is 2. The fourth-order valence-corrected chi connectivity index (χ4v) is 7.32. The highest BCUT2D eigenvalue weighted by Crippen LogP contribution is 2.36. The fraction of sp³-hybridized carbons (Fsp3) is 0. The minimum Gasteiger partial charge on any atom is -0.309 e. The van der Waals surface area contributed by atoms with Gasteiger partial charge >= 0.3 is 0 Å². The van der Waals surface area contributed by atoms with Gasteiger partial charge in [-0.15, -0.1) is 0 Å². The number of rotatable bonds is 9. The number of benzene rings is 7. The third-order valence-electron chi connectivity index (χ3n) is 9.98. The van der Waals surface area contributed by atoms with Gasteiger partial charge in [0.1, 0.15) is 0 Å². The lowest BCUT2D eigenvalue weighted by Crippen LogP contribution is -2.00. The minimum atomic E-state index is 0.601. The van der Waals surface area contributed by atoms with Crippen LogP contribution >= 0.6 is 0 Å². The normalized spacial score (nSPS) is 11.5. The van der Waals surface area contributed by atoms with E-state index in [1.807, 2.05) is 54.6 Å². The number of nitrogens with zero attached hydrogens (tertiary/aromatic N) is 4. The van der Waals surface area contributed by atoms with Crippen LogP contribution < -0.4 is 0 Å². The maximum atomic E-state index is 5.06. The van der Waals surface area contributed by atoms with Crippen LogP contribution in [0.5, 0.6) is 0 Å². The lowest BCUT2D eigenvalue weighted by Gasteiger charge is -2.11. The first-order valence-corrected chi connectivity index (χ1v) is 18.3. The summed E-state index contributed by atoms with van der Waals surface area (Å²) < 4.78 is 2.35. The van der Waals surface area contributed by atoms with E-state index >= 15 is 0 Å². The Morgan fingerprint density at radius 3 is 1.60 bits per heavy atom. The van der Waals surface area contributed by atoms with Crippen LogP contribution in [0.4, 0.5) is 0 Å². The Labute approximate surface area is 320 Å². The average Bonchev–Trinajstić information content (AvgIpc) is 3.60. The third-order valence-corrected chi connectivity index (χ3v) is 9.98. The molecule has 2 aromatic heterocycles. The molecule has 0 amide bonds. The van der Waals surface area contributed by atoms with Crippen LogP contribution in [0, 0.1) is 0 Å². The predicted octanol–water partition coefficient (Wildman–Crippen LogP) is 13.1. The van der Waals surface area contributed by atoms with Crippen LogP contribution in [0.25, 0.3) is 89.5 Å². The van der Waals surface area contributed by atoms with E-state index in [4.69, 9.17) is 15.0 Å². The van der Waals surface area contributed by atoms with Gasteiger partial charge in [-0.1, -0.05) is 159 Å². The Bertz CT molecular complexity index is 2900. The van der Waals surface area contributed by atoms with Gasteiger partial charge in [0.2, 0.25) is 0 Å². The molecular formula is C51H36N4. The molecule has 55 heavy (non-hydrogen) atoms. The number of allylic oxidation sites excluding steroid dienone is 4. The summed E-state index contributed by atoms with van der Waals surface area (Å²) in [5.74, 6) is 1.83. The van der Waals surface area contributed by atoms with Gasteiger partial charge in [-0.3, -0.25) is 0 Å². The molecule has 2 heterocycles. The summed E-state index contributed by atoms with van der Waals surface area (Å²) in [5.41, 5.74) is 12.8. The highest BCUT2D eigenvalue weighted by Gasteiger charge is 2.16. The highest BCUT2D eigenvalue weighted by atomic mass is 15.0. The van der Waals surface area contributed by atoms with Crippen molar-refractivity contribution in [1.82, 2.24) is 19.5 Å². The van der Waals surface area contributed by atoms with E-state index in [9.17, 15) is 0 Å². The van der Waals surface area contributed by atoms with Crippen molar-refractivity contribution in [1.29, 1.82) is 0 Å². The van der Waals surface area contributed by atoms with Crippen LogP contribution in [0.1, 0.15) is 5.56 Å². The molecule has 4 nitrogen and oxygen atoms in total. The molecule has 0 fully saturated rings. The molecule has 0 atom stereocenters. The molecule has 0 aliphatic heterocycles. The van der Waals surface area contributed by atoms with E-state index in [1.165, 1.54) is 27.4 Å². The molecule has 0 saturated heterocycles. The molecule has 0 N–H and O–H groups in total. The molecule has 9 rings (SSSR count).